The van der Waals surface area contributed by atoms with Crippen molar-refractivity contribution in [1.29, 1.82) is 0 Å². The number of hydrogen-bond acceptors (Lipinski definition) is 5. The van der Waals surface area contributed by atoms with E-state index >= 15 is 0 Å². The van der Waals surface area contributed by atoms with E-state index in [0.29, 0.717) is 5.69 Å². The van der Waals surface area contributed by atoms with Crippen molar-refractivity contribution in [3.63, 3.8) is 0 Å². The van der Waals surface area contributed by atoms with Crippen LogP contribution in [0.5, 0.6) is 0 Å². The minimum atomic E-state index is -0.535. The molecule has 2 rings (SSSR count). The fraction of sp³-hybridized carbons (Fsp3) is 0.167. The van der Waals surface area contributed by atoms with Gasteiger partial charge < -0.3 is 10.5 Å². The number of benzene rings is 2. The quantitative estimate of drug-likeness (QED) is 0.446. The minimum Gasteiger partial charge on any atom is -0.410 e. The molecule has 0 heterocycles. The standard InChI is InChI=1S/C18H20N4O2/c1-12-9-10-16(11-13(12)2)21-20-14(3)17(22-24)18(23)19-15-7-5-4-6-8-15/h4-11,21,24H,1-3H3,(H,19,23)/b20-14-,22-17+. The van der Waals surface area contributed by atoms with Crippen LogP contribution >= 0.6 is 0 Å². The first-order valence-corrected chi connectivity index (χ1v) is 7.47. The van der Waals surface area contributed by atoms with Gasteiger partial charge in [-0.25, -0.2) is 0 Å². The lowest BCUT2D eigenvalue weighted by atomic mass is 10.1. The zero-order chi connectivity index (χ0) is 17.5. The molecule has 2 aromatic rings. The van der Waals surface area contributed by atoms with Crippen LogP contribution < -0.4 is 10.7 Å². The van der Waals surface area contributed by atoms with Gasteiger partial charge in [0, 0.05) is 5.69 Å². The zero-order valence-electron chi connectivity index (χ0n) is 13.9. The predicted molar refractivity (Wildman–Crippen MR) is 96.9 cm³/mol. The topological polar surface area (TPSA) is 86.1 Å². The van der Waals surface area contributed by atoms with E-state index in [1.165, 1.54) is 5.56 Å². The van der Waals surface area contributed by atoms with Crippen molar-refractivity contribution < 1.29 is 10.0 Å². The molecule has 124 valence electrons. The molecule has 3 N–H and O–H groups in total. The molecule has 0 saturated carbocycles. The molecule has 2 aromatic carbocycles. The molecular weight excluding hydrogens is 304 g/mol. The number of anilines is 2. The molecule has 0 radical (unpaired) electrons. The van der Waals surface area contributed by atoms with Crippen molar-refractivity contribution in [1.82, 2.24) is 0 Å². The van der Waals surface area contributed by atoms with Gasteiger partial charge in [0.15, 0.2) is 5.71 Å². The molecule has 0 saturated heterocycles. The SMILES string of the molecule is CC(=N/Nc1ccc(C)c(C)c1)/C(=N\O)C(=O)Nc1ccccc1. The highest BCUT2D eigenvalue weighted by atomic mass is 16.4. The van der Waals surface area contributed by atoms with E-state index in [1.54, 1.807) is 31.2 Å². The summed E-state index contributed by atoms with van der Waals surface area (Å²) in [7, 11) is 0. The number of amides is 1. The smallest absolute Gasteiger partial charge is 0.279 e. The zero-order valence-corrected chi connectivity index (χ0v) is 13.9. The second kappa shape index (κ2) is 7.92. The van der Waals surface area contributed by atoms with Crippen LogP contribution in [0.25, 0.3) is 0 Å². The summed E-state index contributed by atoms with van der Waals surface area (Å²) in [5.74, 6) is -0.535. The maximum absolute atomic E-state index is 12.2. The summed E-state index contributed by atoms with van der Waals surface area (Å²) >= 11 is 0. The number of rotatable bonds is 5. The van der Waals surface area contributed by atoms with Gasteiger partial charge in [-0.05, 0) is 56.2 Å². The summed E-state index contributed by atoms with van der Waals surface area (Å²) in [5.41, 5.74) is 6.68. The lowest BCUT2D eigenvalue weighted by Crippen LogP contribution is -2.29. The molecule has 0 bridgehead atoms. The monoisotopic (exact) mass is 324 g/mol. The Morgan fingerprint density at radius 1 is 1.00 bits per heavy atom. The Balaban J connectivity index is 2.08. The number of hydrazone groups is 1. The van der Waals surface area contributed by atoms with Crippen LogP contribution in [-0.4, -0.2) is 22.5 Å². The number of nitrogens with zero attached hydrogens (tertiary/aromatic N) is 2. The highest BCUT2D eigenvalue weighted by Gasteiger charge is 2.16. The Labute approximate surface area is 140 Å². The number of carbonyl (C=O) groups is 1. The molecule has 6 heteroatoms. The van der Waals surface area contributed by atoms with Crippen LogP contribution in [0.3, 0.4) is 0 Å². The van der Waals surface area contributed by atoms with Gasteiger partial charge in [0.25, 0.3) is 5.91 Å². The molecule has 0 atom stereocenters. The Morgan fingerprint density at radius 3 is 2.33 bits per heavy atom. The van der Waals surface area contributed by atoms with Crippen molar-refractivity contribution in [2.45, 2.75) is 20.8 Å². The van der Waals surface area contributed by atoms with Crippen LogP contribution in [-0.2, 0) is 4.79 Å². The summed E-state index contributed by atoms with van der Waals surface area (Å²) in [6, 6.07) is 14.7. The van der Waals surface area contributed by atoms with Crippen molar-refractivity contribution in [3.05, 3.63) is 59.7 Å². The lowest BCUT2D eigenvalue weighted by Gasteiger charge is -2.08. The molecule has 0 fully saturated rings. The van der Waals surface area contributed by atoms with E-state index < -0.39 is 5.91 Å². The van der Waals surface area contributed by atoms with Gasteiger partial charge in [-0.15, -0.1) is 0 Å². The number of para-hydroxylation sites is 1. The highest BCUT2D eigenvalue weighted by molar-refractivity contribution is 6.68. The molecular formula is C18H20N4O2. The predicted octanol–water partition coefficient (Wildman–Crippen LogP) is 3.56. The number of nitrogens with one attached hydrogen (secondary N) is 2. The van der Waals surface area contributed by atoms with Crippen molar-refractivity contribution in [2.24, 2.45) is 10.3 Å². The Hall–Kier alpha value is -3.15. The van der Waals surface area contributed by atoms with E-state index in [9.17, 15) is 4.79 Å². The molecule has 0 spiro atoms. The van der Waals surface area contributed by atoms with Gasteiger partial charge >= 0.3 is 0 Å². The summed E-state index contributed by atoms with van der Waals surface area (Å²) in [4.78, 5) is 12.2. The van der Waals surface area contributed by atoms with Gasteiger partial charge in [0.1, 0.15) is 0 Å². The second-order valence-corrected chi connectivity index (χ2v) is 5.38. The average Bonchev–Trinajstić information content (AvgIpc) is 2.57. The summed E-state index contributed by atoms with van der Waals surface area (Å²) in [6.45, 7) is 5.62. The van der Waals surface area contributed by atoms with Crippen molar-refractivity contribution >= 4 is 28.7 Å². The molecule has 0 aromatic heterocycles. The molecule has 0 aliphatic rings. The van der Waals surface area contributed by atoms with Gasteiger partial charge in [-0.3, -0.25) is 10.2 Å². The number of aryl methyl sites for hydroxylation is 2. The van der Waals surface area contributed by atoms with Crippen LogP contribution in [0.15, 0.2) is 58.8 Å². The number of carbonyl (C=O) groups excluding carboxylic acids is 1. The van der Waals surface area contributed by atoms with E-state index in [4.69, 9.17) is 5.21 Å². The first-order chi connectivity index (χ1) is 11.5. The third kappa shape index (κ3) is 4.42. The fourth-order valence-corrected chi connectivity index (χ4v) is 2.01. The third-order valence-electron chi connectivity index (χ3n) is 3.55. The highest BCUT2D eigenvalue weighted by Crippen LogP contribution is 2.14. The second-order valence-electron chi connectivity index (χ2n) is 5.38. The van der Waals surface area contributed by atoms with Gasteiger partial charge in [-0.2, -0.15) is 5.10 Å². The largest absolute Gasteiger partial charge is 0.410 e. The van der Waals surface area contributed by atoms with E-state index in [-0.39, 0.29) is 11.4 Å². The van der Waals surface area contributed by atoms with E-state index in [1.807, 2.05) is 38.1 Å². The van der Waals surface area contributed by atoms with E-state index in [0.717, 1.165) is 11.3 Å². The van der Waals surface area contributed by atoms with Crippen LogP contribution in [0.2, 0.25) is 0 Å². The molecule has 1 amide bonds. The maximum atomic E-state index is 12.2. The Bertz CT molecular complexity index is 783. The van der Waals surface area contributed by atoms with Crippen LogP contribution in [0.1, 0.15) is 18.1 Å². The van der Waals surface area contributed by atoms with Crippen LogP contribution in [0, 0.1) is 13.8 Å². The number of hydrogen-bond donors (Lipinski definition) is 3. The molecule has 0 unspecified atom stereocenters. The minimum absolute atomic E-state index is 0.157. The van der Waals surface area contributed by atoms with Gasteiger partial charge in [0.05, 0.1) is 11.4 Å². The Morgan fingerprint density at radius 2 is 1.71 bits per heavy atom. The molecule has 6 nitrogen and oxygen atoms in total. The third-order valence-corrected chi connectivity index (χ3v) is 3.55. The number of oxime groups is 1. The van der Waals surface area contributed by atoms with E-state index in [2.05, 4.69) is 21.0 Å². The van der Waals surface area contributed by atoms with Gasteiger partial charge in [-0.1, -0.05) is 29.4 Å². The Kier molecular flexibility index (Phi) is 5.68. The van der Waals surface area contributed by atoms with Gasteiger partial charge in [0.2, 0.25) is 0 Å². The van der Waals surface area contributed by atoms with Crippen molar-refractivity contribution in [3.8, 4) is 0 Å². The summed E-state index contributed by atoms with van der Waals surface area (Å²) in [6.07, 6.45) is 0. The molecule has 0 aliphatic carbocycles. The fourth-order valence-electron chi connectivity index (χ4n) is 2.01. The lowest BCUT2D eigenvalue weighted by molar-refractivity contribution is -0.110. The normalized spacial score (nSPS) is 12.0. The maximum Gasteiger partial charge on any atom is 0.279 e. The molecule has 24 heavy (non-hydrogen) atoms. The summed E-state index contributed by atoms with van der Waals surface area (Å²) < 4.78 is 0. The average molecular weight is 324 g/mol. The van der Waals surface area contributed by atoms with Crippen LogP contribution in [0.4, 0.5) is 11.4 Å². The first kappa shape index (κ1) is 17.2. The van der Waals surface area contributed by atoms with Crippen molar-refractivity contribution in [2.75, 3.05) is 10.7 Å². The molecule has 0 aliphatic heterocycles. The first-order valence-electron chi connectivity index (χ1n) is 7.47. The summed E-state index contributed by atoms with van der Waals surface area (Å²) in [5, 5.41) is 19.0.